The third kappa shape index (κ3) is 4.97. The monoisotopic (exact) mass is 333 g/mol. The molecule has 134 valence electrons. The van der Waals surface area contributed by atoms with Gasteiger partial charge in [-0.25, -0.2) is 0 Å². The number of ether oxygens (including phenoxy) is 2. The fraction of sp³-hybridized carbons (Fsp3) is 0.650. The Bertz CT molecular complexity index is 557. The Balaban J connectivity index is 1.97. The third-order valence-electron chi connectivity index (χ3n) is 4.49. The normalized spacial score (nSPS) is 21.6. The lowest BCUT2D eigenvalue weighted by Gasteiger charge is -2.33. The summed E-state index contributed by atoms with van der Waals surface area (Å²) in [7, 11) is 1.41. The molecule has 0 bridgehead atoms. The van der Waals surface area contributed by atoms with Crippen LogP contribution in [0.1, 0.15) is 53.0 Å². The van der Waals surface area contributed by atoms with Crippen LogP contribution in [0.5, 0.6) is 5.75 Å². The molecule has 1 aliphatic heterocycles. The Morgan fingerprint density at radius 2 is 1.79 bits per heavy atom. The van der Waals surface area contributed by atoms with Crippen LogP contribution < -0.4 is 10.1 Å². The topological polar surface area (TPSA) is 47.6 Å². The number of nitrogens with one attached hydrogen (secondary N) is 1. The highest BCUT2D eigenvalue weighted by Crippen LogP contribution is 2.36. The smallest absolute Gasteiger partial charge is 0.323 e. The second kappa shape index (κ2) is 7.14. The quantitative estimate of drug-likeness (QED) is 0.835. The standard InChI is InChI=1S/C20H31NO3/c1-19(2,3)13-20(4,5)14-7-9-15(10-8-14)24-16-11-17(21-12-16)18(22)23-6/h7-10,16-17,21H,11-13H2,1-6H3. The van der Waals surface area contributed by atoms with E-state index in [1.54, 1.807) is 0 Å². The van der Waals surface area contributed by atoms with Gasteiger partial charge in [-0.3, -0.25) is 4.79 Å². The molecule has 2 atom stereocenters. The third-order valence-corrected chi connectivity index (χ3v) is 4.49. The van der Waals surface area contributed by atoms with Crippen molar-refractivity contribution in [3.8, 4) is 5.75 Å². The summed E-state index contributed by atoms with van der Waals surface area (Å²) in [4.78, 5) is 11.5. The molecule has 2 rings (SSSR count). The zero-order valence-electron chi connectivity index (χ0n) is 15.8. The summed E-state index contributed by atoms with van der Waals surface area (Å²) in [6.07, 6.45) is 1.76. The fourth-order valence-corrected chi connectivity index (χ4v) is 3.72. The summed E-state index contributed by atoms with van der Waals surface area (Å²) < 4.78 is 10.8. The van der Waals surface area contributed by atoms with Gasteiger partial charge in [-0.2, -0.15) is 0 Å². The average molecular weight is 333 g/mol. The van der Waals surface area contributed by atoms with Crippen molar-refractivity contribution in [2.24, 2.45) is 5.41 Å². The highest BCUT2D eigenvalue weighted by molar-refractivity contribution is 5.76. The minimum Gasteiger partial charge on any atom is -0.489 e. The van der Waals surface area contributed by atoms with Gasteiger partial charge in [0, 0.05) is 13.0 Å². The molecule has 0 aliphatic carbocycles. The summed E-state index contributed by atoms with van der Waals surface area (Å²) >= 11 is 0. The molecule has 1 saturated heterocycles. The molecular formula is C20H31NO3. The second-order valence-corrected chi connectivity index (χ2v) is 8.61. The second-order valence-electron chi connectivity index (χ2n) is 8.61. The number of rotatable bonds is 5. The zero-order valence-corrected chi connectivity index (χ0v) is 15.8. The van der Waals surface area contributed by atoms with Gasteiger partial charge in [0.15, 0.2) is 0 Å². The number of carbonyl (C=O) groups excluding carboxylic acids is 1. The van der Waals surface area contributed by atoms with Crippen LogP contribution in [-0.2, 0) is 14.9 Å². The molecule has 4 heteroatoms. The first-order chi connectivity index (χ1) is 11.1. The fourth-order valence-electron chi connectivity index (χ4n) is 3.72. The van der Waals surface area contributed by atoms with Crippen LogP contribution in [-0.4, -0.2) is 31.8 Å². The van der Waals surface area contributed by atoms with E-state index in [2.05, 4.69) is 52.1 Å². The number of methoxy groups -OCH3 is 1. The minimum atomic E-state index is -0.259. The molecule has 24 heavy (non-hydrogen) atoms. The highest BCUT2D eigenvalue weighted by Gasteiger charge is 2.31. The summed E-state index contributed by atoms with van der Waals surface area (Å²) in [6, 6.07) is 8.11. The van der Waals surface area contributed by atoms with E-state index in [-0.39, 0.29) is 28.9 Å². The SMILES string of the molecule is COC(=O)C1CC(Oc2ccc(C(C)(C)CC(C)(C)C)cc2)CN1. The molecule has 1 heterocycles. The van der Waals surface area contributed by atoms with Crippen LogP contribution in [0, 0.1) is 5.41 Å². The molecule has 1 aromatic carbocycles. The van der Waals surface area contributed by atoms with Crippen LogP contribution in [0.15, 0.2) is 24.3 Å². The van der Waals surface area contributed by atoms with Gasteiger partial charge >= 0.3 is 5.97 Å². The Morgan fingerprint density at radius 1 is 1.17 bits per heavy atom. The molecule has 2 unspecified atom stereocenters. The largest absolute Gasteiger partial charge is 0.489 e. The van der Waals surface area contributed by atoms with Gasteiger partial charge in [-0.1, -0.05) is 46.8 Å². The van der Waals surface area contributed by atoms with Gasteiger partial charge in [-0.05, 0) is 34.9 Å². The van der Waals surface area contributed by atoms with E-state index in [1.807, 2.05) is 12.1 Å². The van der Waals surface area contributed by atoms with Crippen LogP contribution in [0.2, 0.25) is 0 Å². The van der Waals surface area contributed by atoms with Gasteiger partial charge in [0.2, 0.25) is 0 Å². The molecule has 0 radical (unpaired) electrons. The minimum absolute atomic E-state index is 0.00235. The maximum atomic E-state index is 11.5. The van der Waals surface area contributed by atoms with Crippen molar-refractivity contribution in [1.82, 2.24) is 5.32 Å². The number of hydrogen-bond donors (Lipinski definition) is 1. The number of benzene rings is 1. The van der Waals surface area contributed by atoms with Crippen LogP contribution in [0.4, 0.5) is 0 Å². The molecule has 1 fully saturated rings. The van der Waals surface area contributed by atoms with E-state index < -0.39 is 0 Å². The molecule has 1 aliphatic rings. The van der Waals surface area contributed by atoms with Gasteiger partial charge in [0.1, 0.15) is 17.9 Å². The van der Waals surface area contributed by atoms with Crippen LogP contribution in [0.25, 0.3) is 0 Å². The summed E-state index contributed by atoms with van der Waals surface area (Å²) in [5, 5.41) is 3.14. The first-order valence-corrected chi connectivity index (χ1v) is 8.69. The van der Waals surface area contributed by atoms with Crippen molar-refractivity contribution in [2.75, 3.05) is 13.7 Å². The first kappa shape index (κ1) is 18.8. The van der Waals surface area contributed by atoms with Gasteiger partial charge < -0.3 is 14.8 Å². The Hall–Kier alpha value is -1.55. The molecule has 0 spiro atoms. The molecular weight excluding hydrogens is 302 g/mol. The van der Waals surface area contributed by atoms with E-state index in [0.29, 0.717) is 13.0 Å². The van der Waals surface area contributed by atoms with Crippen molar-refractivity contribution in [1.29, 1.82) is 0 Å². The van der Waals surface area contributed by atoms with Crippen LogP contribution >= 0.6 is 0 Å². The predicted molar refractivity (Wildman–Crippen MR) is 96.4 cm³/mol. The van der Waals surface area contributed by atoms with Crippen molar-refractivity contribution in [2.45, 2.75) is 65.0 Å². The van der Waals surface area contributed by atoms with Gasteiger partial charge in [0.05, 0.1) is 7.11 Å². The lowest BCUT2D eigenvalue weighted by molar-refractivity contribution is -0.142. The van der Waals surface area contributed by atoms with Crippen molar-refractivity contribution < 1.29 is 14.3 Å². The molecule has 0 amide bonds. The first-order valence-electron chi connectivity index (χ1n) is 8.69. The van der Waals surface area contributed by atoms with E-state index >= 15 is 0 Å². The molecule has 4 nitrogen and oxygen atoms in total. The lowest BCUT2D eigenvalue weighted by Crippen LogP contribution is -2.31. The lowest BCUT2D eigenvalue weighted by atomic mass is 9.72. The Morgan fingerprint density at radius 3 is 2.33 bits per heavy atom. The molecule has 0 saturated carbocycles. The Kier molecular flexibility index (Phi) is 5.59. The van der Waals surface area contributed by atoms with Crippen molar-refractivity contribution >= 4 is 5.97 Å². The van der Waals surface area contributed by atoms with E-state index in [4.69, 9.17) is 9.47 Å². The highest BCUT2D eigenvalue weighted by atomic mass is 16.5. The number of esters is 1. The van der Waals surface area contributed by atoms with Crippen molar-refractivity contribution in [3.63, 3.8) is 0 Å². The summed E-state index contributed by atoms with van der Waals surface area (Å²) in [6.45, 7) is 12.1. The Labute approximate surface area is 145 Å². The summed E-state index contributed by atoms with van der Waals surface area (Å²) in [5.74, 6) is 0.628. The molecule has 0 aromatic heterocycles. The maximum absolute atomic E-state index is 11.5. The van der Waals surface area contributed by atoms with Crippen LogP contribution in [0.3, 0.4) is 0 Å². The zero-order chi connectivity index (χ0) is 18.0. The van der Waals surface area contributed by atoms with E-state index in [1.165, 1.54) is 12.7 Å². The molecule has 1 aromatic rings. The average Bonchev–Trinajstić information content (AvgIpc) is 2.93. The summed E-state index contributed by atoms with van der Waals surface area (Å²) in [5.41, 5.74) is 1.74. The van der Waals surface area contributed by atoms with Gasteiger partial charge in [0.25, 0.3) is 0 Å². The predicted octanol–water partition coefficient (Wildman–Crippen LogP) is 3.68. The van der Waals surface area contributed by atoms with E-state index in [9.17, 15) is 4.79 Å². The van der Waals surface area contributed by atoms with Gasteiger partial charge in [-0.15, -0.1) is 0 Å². The van der Waals surface area contributed by atoms with Crippen molar-refractivity contribution in [3.05, 3.63) is 29.8 Å². The number of carbonyl (C=O) groups is 1. The molecule has 1 N–H and O–H groups in total. The maximum Gasteiger partial charge on any atom is 0.323 e. The number of hydrogen-bond acceptors (Lipinski definition) is 4. The van der Waals surface area contributed by atoms with E-state index in [0.717, 1.165) is 12.2 Å².